The molecule has 1 heterocycles. The van der Waals surface area contributed by atoms with Crippen LogP contribution in [0, 0.1) is 6.92 Å². The van der Waals surface area contributed by atoms with E-state index < -0.39 is 11.9 Å². The molecular formula is C23H30N2O4. The van der Waals surface area contributed by atoms with Crippen LogP contribution in [-0.4, -0.2) is 64.7 Å². The molecule has 29 heavy (non-hydrogen) atoms. The summed E-state index contributed by atoms with van der Waals surface area (Å²) in [5.74, 6) is -3.65. The van der Waals surface area contributed by atoms with Crippen LogP contribution in [0.25, 0.3) is 0 Å². The van der Waals surface area contributed by atoms with E-state index >= 15 is 0 Å². The number of hydrogen-bond donors (Lipinski definition) is 2. The molecule has 1 aliphatic heterocycles. The molecule has 6 nitrogen and oxygen atoms in total. The van der Waals surface area contributed by atoms with Crippen molar-refractivity contribution in [3.8, 4) is 0 Å². The molecule has 0 spiro atoms. The minimum Gasteiger partial charge on any atom is -0.473 e. The van der Waals surface area contributed by atoms with Gasteiger partial charge in [-0.2, -0.15) is 0 Å². The Morgan fingerprint density at radius 3 is 1.97 bits per heavy atom. The van der Waals surface area contributed by atoms with E-state index in [0.717, 1.165) is 6.54 Å². The summed E-state index contributed by atoms with van der Waals surface area (Å²) >= 11 is 0. The number of rotatable bonds is 6. The Kier molecular flexibility index (Phi) is 9.34. The molecule has 1 aliphatic rings. The zero-order valence-electron chi connectivity index (χ0n) is 17.0. The van der Waals surface area contributed by atoms with Gasteiger partial charge >= 0.3 is 11.9 Å². The van der Waals surface area contributed by atoms with E-state index in [-0.39, 0.29) is 0 Å². The van der Waals surface area contributed by atoms with Gasteiger partial charge in [0, 0.05) is 32.7 Å². The Morgan fingerprint density at radius 2 is 1.38 bits per heavy atom. The number of benzene rings is 2. The van der Waals surface area contributed by atoms with Gasteiger partial charge in [-0.1, -0.05) is 54.6 Å². The topological polar surface area (TPSA) is 81.1 Å². The average Bonchev–Trinajstić information content (AvgIpc) is 2.72. The van der Waals surface area contributed by atoms with Gasteiger partial charge in [0.25, 0.3) is 0 Å². The van der Waals surface area contributed by atoms with E-state index in [1.807, 2.05) is 0 Å². The van der Waals surface area contributed by atoms with Crippen LogP contribution in [0.15, 0.2) is 54.6 Å². The van der Waals surface area contributed by atoms with Crippen LogP contribution in [0.3, 0.4) is 0 Å². The van der Waals surface area contributed by atoms with Gasteiger partial charge in [-0.15, -0.1) is 0 Å². The summed E-state index contributed by atoms with van der Waals surface area (Å²) in [4.78, 5) is 23.4. The maximum absolute atomic E-state index is 9.10. The molecule has 1 saturated heterocycles. The lowest BCUT2D eigenvalue weighted by molar-refractivity contribution is -0.159. The van der Waals surface area contributed by atoms with E-state index in [0.29, 0.717) is 0 Å². The van der Waals surface area contributed by atoms with Crippen LogP contribution in [-0.2, 0) is 22.6 Å². The van der Waals surface area contributed by atoms with Crippen LogP contribution < -0.4 is 0 Å². The standard InChI is InChI=1S/C21H28N2.C2H2O4/c1-19-8-5-6-12-21(19)18-23-16-14-22(15-17-23)13-7-11-20-9-3-2-4-10-20;3-1(4)2(5)6/h2-6,8-10,12H,7,11,13-18H2,1H3;(H,3,4)(H,5,6). The summed E-state index contributed by atoms with van der Waals surface area (Å²) in [6, 6.07) is 19.6. The fourth-order valence-corrected chi connectivity index (χ4v) is 3.35. The summed E-state index contributed by atoms with van der Waals surface area (Å²) in [5, 5.41) is 14.8. The number of piperazine rings is 1. The van der Waals surface area contributed by atoms with Crippen molar-refractivity contribution >= 4 is 11.9 Å². The number of aliphatic carboxylic acids is 2. The Bertz CT molecular complexity index is 759. The van der Waals surface area contributed by atoms with Crippen LogP contribution >= 0.6 is 0 Å². The van der Waals surface area contributed by atoms with E-state index in [1.165, 1.54) is 62.3 Å². The van der Waals surface area contributed by atoms with Crippen LogP contribution in [0.1, 0.15) is 23.1 Å². The maximum atomic E-state index is 9.10. The molecule has 0 unspecified atom stereocenters. The summed E-state index contributed by atoms with van der Waals surface area (Å²) in [6.45, 7) is 9.35. The Labute approximate surface area is 172 Å². The van der Waals surface area contributed by atoms with Crippen molar-refractivity contribution in [1.29, 1.82) is 0 Å². The minimum absolute atomic E-state index is 1.10. The smallest absolute Gasteiger partial charge is 0.414 e. The number of hydrogen-bond acceptors (Lipinski definition) is 4. The largest absolute Gasteiger partial charge is 0.473 e. The van der Waals surface area contributed by atoms with E-state index in [2.05, 4.69) is 71.3 Å². The van der Waals surface area contributed by atoms with Crippen LogP contribution in [0.2, 0.25) is 0 Å². The van der Waals surface area contributed by atoms with E-state index in [1.54, 1.807) is 0 Å². The van der Waals surface area contributed by atoms with Crippen molar-refractivity contribution in [2.24, 2.45) is 0 Å². The Morgan fingerprint density at radius 1 is 0.828 bits per heavy atom. The first-order chi connectivity index (χ1) is 14.0. The predicted molar refractivity (Wildman–Crippen MR) is 113 cm³/mol. The molecule has 2 N–H and O–H groups in total. The van der Waals surface area contributed by atoms with Crippen molar-refractivity contribution in [3.63, 3.8) is 0 Å². The molecule has 6 heteroatoms. The number of carboxylic acid groups (broad SMARTS) is 2. The molecule has 3 rings (SSSR count). The molecule has 0 atom stereocenters. The van der Waals surface area contributed by atoms with Gasteiger partial charge < -0.3 is 15.1 Å². The highest BCUT2D eigenvalue weighted by molar-refractivity contribution is 6.27. The minimum atomic E-state index is -1.82. The van der Waals surface area contributed by atoms with Gasteiger partial charge in [-0.3, -0.25) is 4.90 Å². The summed E-state index contributed by atoms with van der Waals surface area (Å²) in [5.41, 5.74) is 4.36. The molecule has 1 fully saturated rings. The highest BCUT2D eigenvalue weighted by Crippen LogP contribution is 2.13. The third kappa shape index (κ3) is 8.46. The van der Waals surface area contributed by atoms with Gasteiger partial charge in [-0.05, 0) is 43.0 Å². The van der Waals surface area contributed by atoms with Crippen molar-refractivity contribution < 1.29 is 19.8 Å². The quantitative estimate of drug-likeness (QED) is 0.729. The molecule has 2 aromatic rings. The van der Waals surface area contributed by atoms with Gasteiger partial charge in [0.2, 0.25) is 0 Å². The second kappa shape index (κ2) is 12.0. The van der Waals surface area contributed by atoms with Gasteiger partial charge in [0.1, 0.15) is 0 Å². The second-order valence-electron chi connectivity index (χ2n) is 7.24. The van der Waals surface area contributed by atoms with Crippen LogP contribution in [0.5, 0.6) is 0 Å². The number of nitrogens with zero attached hydrogens (tertiary/aromatic N) is 2. The van der Waals surface area contributed by atoms with E-state index in [9.17, 15) is 0 Å². The molecular weight excluding hydrogens is 368 g/mol. The second-order valence-corrected chi connectivity index (χ2v) is 7.24. The lowest BCUT2D eigenvalue weighted by atomic mass is 10.1. The molecule has 0 saturated carbocycles. The predicted octanol–water partition coefficient (Wildman–Crippen LogP) is 2.90. The third-order valence-corrected chi connectivity index (χ3v) is 5.09. The maximum Gasteiger partial charge on any atom is 0.414 e. The normalized spacial score (nSPS) is 14.7. The van der Waals surface area contributed by atoms with Crippen molar-refractivity contribution in [3.05, 3.63) is 71.3 Å². The SMILES string of the molecule is Cc1ccccc1CN1CCN(CCCc2ccccc2)CC1.O=C(O)C(=O)O. The number of carboxylic acids is 2. The number of carbonyl (C=O) groups is 2. The molecule has 0 bridgehead atoms. The lowest BCUT2D eigenvalue weighted by Gasteiger charge is -2.35. The summed E-state index contributed by atoms with van der Waals surface area (Å²) < 4.78 is 0. The Balaban J connectivity index is 0.000000438. The third-order valence-electron chi connectivity index (χ3n) is 5.09. The zero-order chi connectivity index (χ0) is 21.1. The molecule has 0 amide bonds. The summed E-state index contributed by atoms with van der Waals surface area (Å²) in [6.07, 6.45) is 2.46. The molecule has 156 valence electrons. The monoisotopic (exact) mass is 398 g/mol. The molecule has 0 radical (unpaired) electrons. The van der Waals surface area contributed by atoms with Gasteiger partial charge in [-0.25, -0.2) is 9.59 Å². The lowest BCUT2D eigenvalue weighted by Crippen LogP contribution is -2.46. The van der Waals surface area contributed by atoms with Crippen molar-refractivity contribution in [2.45, 2.75) is 26.3 Å². The first kappa shape index (κ1) is 22.6. The number of aryl methyl sites for hydroxylation is 2. The first-order valence-corrected chi connectivity index (χ1v) is 9.95. The van der Waals surface area contributed by atoms with Gasteiger partial charge in [0.15, 0.2) is 0 Å². The Hall–Kier alpha value is -2.70. The van der Waals surface area contributed by atoms with Gasteiger partial charge in [0.05, 0.1) is 0 Å². The first-order valence-electron chi connectivity index (χ1n) is 9.95. The highest BCUT2D eigenvalue weighted by Gasteiger charge is 2.16. The van der Waals surface area contributed by atoms with Crippen LogP contribution in [0.4, 0.5) is 0 Å². The van der Waals surface area contributed by atoms with E-state index in [4.69, 9.17) is 19.8 Å². The average molecular weight is 399 g/mol. The van der Waals surface area contributed by atoms with Crippen molar-refractivity contribution in [1.82, 2.24) is 9.80 Å². The summed E-state index contributed by atoms with van der Waals surface area (Å²) in [7, 11) is 0. The molecule has 0 aromatic heterocycles. The van der Waals surface area contributed by atoms with Crippen molar-refractivity contribution in [2.75, 3.05) is 32.7 Å². The highest BCUT2D eigenvalue weighted by atomic mass is 16.4. The fourth-order valence-electron chi connectivity index (χ4n) is 3.35. The molecule has 0 aliphatic carbocycles. The zero-order valence-corrected chi connectivity index (χ0v) is 17.0. The molecule has 2 aromatic carbocycles. The fraction of sp³-hybridized carbons (Fsp3) is 0.391.